The number of hydrogen-bond donors (Lipinski definition) is 1. The second-order valence-corrected chi connectivity index (χ2v) is 5.29. The number of nitrogens with two attached hydrogens (primary N) is 1. The van der Waals surface area contributed by atoms with Crippen LogP contribution in [0, 0.1) is 5.82 Å². The summed E-state index contributed by atoms with van der Waals surface area (Å²) in [6.45, 7) is 3.69. The van der Waals surface area contributed by atoms with Crippen LogP contribution in [0.4, 0.5) is 4.39 Å². The van der Waals surface area contributed by atoms with Crippen molar-refractivity contribution in [3.05, 3.63) is 39.8 Å². The van der Waals surface area contributed by atoms with Crippen molar-refractivity contribution in [3.8, 4) is 0 Å². The van der Waals surface area contributed by atoms with Crippen LogP contribution in [0.2, 0.25) is 0 Å². The molecule has 0 aliphatic carbocycles. The number of thioether (sulfide) groups is 1. The maximum absolute atomic E-state index is 13.4. The Morgan fingerprint density at radius 1 is 1.44 bits per heavy atom. The fourth-order valence-electron chi connectivity index (χ4n) is 1.78. The minimum Gasteiger partial charge on any atom is -0.449 e. The first-order valence-electron chi connectivity index (χ1n) is 5.68. The standard InChI is InChI=1S/C13H14FNO2S/c1-3-18-12-6-11(16)10-5-8(14)4-9(7(2)15)13(10)17-12/h4-7H,3,15H2,1-2H3. The zero-order valence-electron chi connectivity index (χ0n) is 10.2. The van der Waals surface area contributed by atoms with Crippen molar-refractivity contribution in [2.24, 2.45) is 5.73 Å². The smallest absolute Gasteiger partial charge is 0.193 e. The molecule has 3 nitrogen and oxygen atoms in total. The van der Waals surface area contributed by atoms with Gasteiger partial charge in [-0.3, -0.25) is 4.79 Å². The summed E-state index contributed by atoms with van der Waals surface area (Å²) in [5, 5.41) is 0.770. The van der Waals surface area contributed by atoms with E-state index in [9.17, 15) is 9.18 Å². The summed E-state index contributed by atoms with van der Waals surface area (Å²) >= 11 is 1.43. The molecule has 2 N–H and O–H groups in total. The molecule has 5 heteroatoms. The van der Waals surface area contributed by atoms with Crippen LogP contribution >= 0.6 is 11.8 Å². The van der Waals surface area contributed by atoms with Gasteiger partial charge in [0.1, 0.15) is 11.4 Å². The minimum atomic E-state index is -0.474. The molecule has 18 heavy (non-hydrogen) atoms. The maximum Gasteiger partial charge on any atom is 0.193 e. The first-order chi connectivity index (χ1) is 8.52. The highest BCUT2D eigenvalue weighted by atomic mass is 32.2. The van der Waals surface area contributed by atoms with Crippen molar-refractivity contribution in [1.29, 1.82) is 0 Å². The van der Waals surface area contributed by atoms with E-state index in [-0.39, 0.29) is 10.8 Å². The second kappa shape index (κ2) is 5.12. The SMILES string of the molecule is CCSc1cc(=O)c2cc(F)cc(C(C)N)c2o1. The molecule has 0 saturated carbocycles. The summed E-state index contributed by atoms with van der Waals surface area (Å²) in [6.07, 6.45) is 0. The molecule has 2 rings (SSSR count). The van der Waals surface area contributed by atoms with Crippen LogP contribution < -0.4 is 11.2 Å². The lowest BCUT2D eigenvalue weighted by Crippen LogP contribution is -2.09. The minimum absolute atomic E-state index is 0.239. The highest BCUT2D eigenvalue weighted by Gasteiger charge is 2.14. The molecule has 1 heterocycles. The molecule has 2 aromatic rings. The average Bonchev–Trinajstić information content (AvgIpc) is 2.29. The van der Waals surface area contributed by atoms with E-state index in [1.54, 1.807) is 6.92 Å². The Bertz CT molecular complexity index is 637. The van der Waals surface area contributed by atoms with Crippen molar-refractivity contribution in [2.45, 2.75) is 25.0 Å². The fourth-order valence-corrected chi connectivity index (χ4v) is 2.40. The van der Waals surface area contributed by atoms with Crippen molar-refractivity contribution in [2.75, 3.05) is 5.75 Å². The summed E-state index contributed by atoms with van der Waals surface area (Å²) in [4.78, 5) is 11.9. The Labute approximate surface area is 108 Å². The van der Waals surface area contributed by atoms with Gasteiger partial charge in [-0.25, -0.2) is 4.39 Å². The fraction of sp³-hybridized carbons (Fsp3) is 0.308. The Morgan fingerprint density at radius 3 is 2.78 bits per heavy atom. The van der Waals surface area contributed by atoms with Crippen molar-refractivity contribution < 1.29 is 8.81 Å². The molecule has 1 aromatic heterocycles. The number of rotatable bonds is 3. The molecule has 0 aliphatic rings. The van der Waals surface area contributed by atoms with Gasteiger partial charge in [0.25, 0.3) is 0 Å². The average molecular weight is 267 g/mol. The van der Waals surface area contributed by atoms with E-state index in [1.807, 2.05) is 6.92 Å². The topological polar surface area (TPSA) is 56.2 Å². The van der Waals surface area contributed by atoms with Gasteiger partial charge in [0.2, 0.25) is 0 Å². The third-order valence-electron chi connectivity index (χ3n) is 2.58. The molecule has 0 radical (unpaired) electrons. The first kappa shape index (κ1) is 13.1. The zero-order valence-corrected chi connectivity index (χ0v) is 11.0. The molecule has 0 amide bonds. The lowest BCUT2D eigenvalue weighted by molar-refractivity contribution is 0.493. The highest BCUT2D eigenvalue weighted by Crippen LogP contribution is 2.27. The molecule has 0 bridgehead atoms. The van der Waals surface area contributed by atoms with E-state index in [1.165, 1.54) is 30.0 Å². The third kappa shape index (κ3) is 2.42. The van der Waals surface area contributed by atoms with Gasteiger partial charge in [-0.15, -0.1) is 0 Å². The molecule has 0 saturated heterocycles. The van der Waals surface area contributed by atoms with Crippen molar-refractivity contribution in [1.82, 2.24) is 0 Å². The zero-order chi connectivity index (χ0) is 13.3. The summed E-state index contributed by atoms with van der Waals surface area (Å²) in [6, 6.07) is 3.50. The van der Waals surface area contributed by atoms with Crippen LogP contribution in [0.3, 0.4) is 0 Å². The van der Waals surface area contributed by atoms with Crippen LogP contribution in [0.5, 0.6) is 0 Å². The third-order valence-corrected chi connectivity index (χ3v) is 3.35. The predicted molar refractivity (Wildman–Crippen MR) is 71.4 cm³/mol. The summed E-state index contributed by atoms with van der Waals surface area (Å²) in [5.41, 5.74) is 6.44. The number of benzene rings is 1. The van der Waals surface area contributed by atoms with Crippen molar-refractivity contribution >= 4 is 22.7 Å². The van der Waals surface area contributed by atoms with Crippen LogP contribution in [0.1, 0.15) is 25.5 Å². The lowest BCUT2D eigenvalue weighted by atomic mass is 10.1. The highest BCUT2D eigenvalue weighted by molar-refractivity contribution is 7.99. The number of halogens is 1. The van der Waals surface area contributed by atoms with Crippen LogP contribution in [-0.4, -0.2) is 5.75 Å². The van der Waals surface area contributed by atoms with E-state index in [4.69, 9.17) is 10.2 Å². The first-order valence-corrected chi connectivity index (χ1v) is 6.67. The molecule has 0 fully saturated rings. The van der Waals surface area contributed by atoms with Crippen molar-refractivity contribution in [3.63, 3.8) is 0 Å². The van der Waals surface area contributed by atoms with E-state index < -0.39 is 11.9 Å². The number of hydrogen-bond acceptors (Lipinski definition) is 4. The van der Waals surface area contributed by atoms with Gasteiger partial charge in [0.05, 0.1) is 5.39 Å². The van der Waals surface area contributed by atoms with E-state index in [2.05, 4.69) is 0 Å². The van der Waals surface area contributed by atoms with Crippen LogP contribution in [0.25, 0.3) is 11.0 Å². The van der Waals surface area contributed by atoms with Gasteiger partial charge in [0, 0.05) is 17.7 Å². The molecule has 96 valence electrons. The Balaban J connectivity index is 2.79. The molecule has 0 spiro atoms. The van der Waals surface area contributed by atoms with Gasteiger partial charge in [-0.1, -0.05) is 18.7 Å². The van der Waals surface area contributed by atoms with Gasteiger partial charge in [-0.2, -0.15) is 0 Å². The summed E-state index contributed by atoms with van der Waals surface area (Å²) in [5.74, 6) is 0.321. The van der Waals surface area contributed by atoms with Crippen LogP contribution in [0.15, 0.2) is 32.5 Å². The Hall–Kier alpha value is -1.33. The number of fused-ring (bicyclic) bond motifs is 1. The van der Waals surface area contributed by atoms with Gasteiger partial charge < -0.3 is 10.2 Å². The molecule has 0 aliphatic heterocycles. The monoisotopic (exact) mass is 267 g/mol. The summed E-state index contributed by atoms with van der Waals surface area (Å²) in [7, 11) is 0. The summed E-state index contributed by atoms with van der Waals surface area (Å²) < 4.78 is 19.1. The van der Waals surface area contributed by atoms with Gasteiger partial charge in [-0.05, 0) is 24.8 Å². The quantitative estimate of drug-likeness (QED) is 0.868. The van der Waals surface area contributed by atoms with E-state index in [0.29, 0.717) is 16.2 Å². The molecule has 1 atom stereocenters. The maximum atomic E-state index is 13.4. The Morgan fingerprint density at radius 2 is 2.17 bits per heavy atom. The van der Waals surface area contributed by atoms with Crippen LogP contribution in [-0.2, 0) is 0 Å². The molecule has 1 unspecified atom stereocenters. The van der Waals surface area contributed by atoms with E-state index in [0.717, 1.165) is 5.75 Å². The molecular weight excluding hydrogens is 253 g/mol. The van der Waals surface area contributed by atoms with E-state index >= 15 is 0 Å². The molecular formula is C13H14FNO2S. The normalized spacial score (nSPS) is 12.9. The van der Waals surface area contributed by atoms with Gasteiger partial charge >= 0.3 is 0 Å². The second-order valence-electron chi connectivity index (χ2n) is 4.02. The largest absolute Gasteiger partial charge is 0.449 e. The van der Waals surface area contributed by atoms with Gasteiger partial charge in [0.15, 0.2) is 10.5 Å². The predicted octanol–water partition coefficient (Wildman–Crippen LogP) is 3.06. The Kier molecular flexibility index (Phi) is 3.73. The lowest BCUT2D eigenvalue weighted by Gasteiger charge is -2.10. The molecule has 1 aromatic carbocycles.